The Balaban J connectivity index is 2.10. The van der Waals surface area contributed by atoms with Crippen molar-refractivity contribution in [2.75, 3.05) is 16.8 Å². The van der Waals surface area contributed by atoms with Crippen LogP contribution in [0.2, 0.25) is 5.15 Å². The van der Waals surface area contributed by atoms with Gasteiger partial charge in [0.15, 0.2) is 0 Å². The summed E-state index contributed by atoms with van der Waals surface area (Å²) in [4.78, 5) is 17.6. The van der Waals surface area contributed by atoms with Crippen molar-refractivity contribution in [3.63, 3.8) is 0 Å². The molecule has 0 spiro atoms. The summed E-state index contributed by atoms with van der Waals surface area (Å²) in [6, 6.07) is 11.2. The van der Waals surface area contributed by atoms with Gasteiger partial charge in [0.1, 0.15) is 11.7 Å². The van der Waals surface area contributed by atoms with Gasteiger partial charge in [-0.3, -0.25) is 4.79 Å². The molecule has 1 amide bonds. The van der Waals surface area contributed by atoms with Crippen LogP contribution in [-0.2, 0) is 4.79 Å². The molecule has 4 nitrogen and oxygen atoms in total. The first kappa shape index (κ1) is 11.0. The van der Waals surface area contributed by atoms with Gasteiger partial charge in [0, 0.05) is 11.9 Å². The lowest BCUT2D eigenvalue weighted by Crippen LogP contribution is -2.34. The fraction of sp³-hybridized carbons (Fsp3) is 0.0769. The van der Waals surface area contributed by atoms with E-state index in [1.165, 1.54) is 0 Å². The maximum absolute atomic E-state index is 11.7. The molecule has 1 aromatic heterocycles. The summed E-state index contributed by atoms with van der Waals surface area (Å²) in [5.41, 5.74) is 2.62. The number of nitrogens with one attached hydrogen (secondary N) is 1. The summed E-state index contributed by atoms with van der Waals surface area (Å²) in [7, 11) is 0. The van der Waals surface area contributed by atoms with Crippen molar-refractivity contribution < 1.29 is 4.79 Å². The van der Waals surface area contributed by atoms with Gasteiger partial charge in [0.2, 0.25) is 5.91 Å². The number of hydrogen-bond acceptors (Lipinski definition) is 3. The number of rotatable bonds is 1. The van der Waals surface area contributed by atoms with Gasteiger partial charge in [-0.15, -0.1) is 0 Å². The second kappa shape index (κ2) is 4.31. The Morgan fingerprint density at radius 2 is 2.11 bits per heavy atom. The van der Waals surface area contributed by atoms with E-state index in [2.05, 4.69) is 10.3 Å². The minimum Gasteiger partial charge on any atom is -0.330 e. The van der Waals surface area contributed by atoms with Gasteiger partial charge in [0.05, 0.1) is 11.4 Å². The first-order valence-electron chi connectivity index (χ1n) is 5.52. The summed E-state index contributed by atoms with van der Waals surface area (Å²) in [6.07, 6.45) is 1.63. The second-order valence-electron chi connectivity index (χ2n) is 3.99. The van der Waals surface area contributed by atoms with Crippen LogP contribution in [0.4, 0.5) is 17.1 Å². The fourth-order valence-corrected chi connectivity index (χ4v) is 2.19. The van der Waals surface area contributed by atoms with Gasteiger partial charge >= 0.3 is 0 Å². The van der Waals surface area contributed by atoms with Crippen LogP contribution in [0.25, 0.3) is 0 Å². The van der Waals surface area contributed by atoms with E-state index in [0.29, 0.717) is 5.15 Å². The lowest BCUT2D eigenvalue weighted by Gasteiger charge is -2.30. The molecular weight excluding hydrogens is 250 g/mol. The zero-order chi connectivity index (χ0) is 12.5. The summed E-state index contributed by atoms with van der Waals surface area (Å²) in [5, 5.41) is 3.26. The number of amides is 1. The average Bonchev–Trinajstić information content (AvgIpc) is 2.37. The highest BCUT2D eigenvalue weighted by molar-refractivity contribution is 6.29. The molecule has 0 bridgehead atoms. The summed E-state index contributed by atoms with van der Waals surface area (Å²) < 4.78 is 0. The van der Waals surface area contributed by atoms with Crippen molar-refractivity contribution in [1.29, 1.82) is 0 Å². The number of aromatic nitrogens is 1. The molecule has 0 saturated carbocycles. The van der Waals surface area contributed by atoms with E-state index in [4.69, 9.17) is 11.6 Å². The molecule has 1 aromatic carbocycles. The number of halogens is 1. The van der Waals surface area contributed by atoms with Crippen molar-refractivity contribution in [3.8, 4) is 0 Å². The van der Waals surface area contributed by atoms with Crippen LogP contribution in [0.1, 0.15) is 0 Å². The Labute approximate surface area is 109 Å². The SMILES string of the molecule is O=C1CN(c2ccnc(Cl)c2)c2ccccc2N1. The largest absolute Gasteiger partial charge is 0.330 e. The zero-order valence-electron chi connectivity index (χ0n) is 9.43. The van der Waals surface area contributed by atoms with Crippen LogP contribution >= 0.6 is 11.6 Å². The molecule has 0 saturated heterocycles. The predicted molar refractivity (Wildman–Crippen MR) is 71.3 cm³/mol. The third-order valence-electron chi connectivity index (χ3n) is 2.79. The zero-order valence-corrected chi connectivity index (χ0v) is 10.2. The van der Waals surface area contributed by atoms with Crippen molar-refractivity contribution in [3.05, 3.63) is 47.7 Å². The third kappa shape index (κ3) is 1.91. The number of para-hydroxylation sites is 2. The van der Waals surface area contributed by atoms with Crippen LogP contribution < -0.4 is 10.2 Å². The normalized spacial score (nSPS) is 14.1. The quantitative estimate of drug-likeness (QED) is 0.801. The van der Waals surface area contributed by atoms with Crippen molar-refractivity contribution in [1.82, 2.24) is 4.98 Å². The molecular formula is C13H10ClN3O. The fourth-order valence-electron chi connectivity index (χ4n) is 2.02. The van der Waals surface area contributed by atoms with E-state index in [-0.39, 0.29) is 12.5 Å². The van der Waals surface area contributed by atoms with E-state index in [1.54, 1.807) is 12.3 Å². The summed E-state index contributed by atoms with van der Waals surface area (Å²) in [5.74, 6) is -0.0402. The molecule has 5 heteroatoms. The molecule has 0 aliphatic carbocycles. The molecule has 18 heavy (non-hydrogen) atoms. The van der Waals surface area contributed by atoms with Gasteiger partial charge in [-0.25, -0.2) is 4.98 Å². The number of pyridine rings is 1. The maximum atomic E-state index is 11.7. The highest BCUT2D eigenvalue weighted by Crippen LogP contribution is 2.34. The Kier molecular flexibility index (Phi) is 2.64. The van der Waals surface area contributed by atoms with Crippen LogP contribution in [0.3, 0.4) is 0 Å². The first-order chi connectivity index (χ1) is 8.74. The standard InChI is InChI=1S/C13H10ClN3O/c14-12-7-9(5-6-15-12)17-8-13(18)16-10-3-1-2-4-11(10)17/h1-7H,8H2,(H,16,18). The summed E-state index contributed by atoms with van der Waals surface area (Å²) >= 11 is 5.89. The van der Waals surface area contributed by atoms with Gasteiger partial charge in [-0.05, 0) is 24.3 Å². The van der Waals surface area contributed by atoms with Gasteiger partial charge in [-0.1, -0.05) is 23.7 Å². The molecule has 2 aromatic rings. The number of benzene rings is 1. The monoisotopic (exact) mass is 259 g/mol. The highest BCUT2D eigenvalue weighted by Gasteiger charge is 2.22. The molecule has 90 valence electrons. The molecule has 2 heterocycles. The van der Waals surface area contributed by atoms with E-state index >= 15 is 0 Å². The molecule has 1 N–H and O–H groups in total. The Morgan fingerprint density at radius 1 is 1.28 bits per heavy atom. The number of carbonyl (C=O) groups excluding carboxylic acids is 1. The summed E-state index contributed by atoms with van der Waals surface area (Å²) in [6.45, 7) is 0.275. The second-order valence-corrected chi connectivity index (χ2v) is 4.38. The molecule has 1 aliphatic heterocycles. The Bertz CT molecular complexity index is 615. The third-order valence-corrected chi connectivity index (χ3v) is 3.00. The number of nitrogens with zero attached hydrogens (tertiary/aromatic N) is 2. The first-order valence-corrected chi connectivity index (χ1v) is 5.90. The molecule has 0 fully saturated rings. The van der Waals surface area contributed by atoms with E-state index in [9.17, 15) is 4.79 Å². The number of hydrogen-bond donors (Lipinski definition) is 1. The maximum Gasteiger partial charge on any atom is 0.244 e. The minimum atomic E-state index is -0.0402. The molecule has 1 aliphatic rings. The topological polar surface area (TPSA) is 45.2 Å². The van der Waals surface area contributed by atoms with Crippen LogP contribution in [0.15, 0.2) is 42.6 Å². The van der Waals surface area contributed by atoms with Gasteiger partial charge in [-0.2, -0.15) is 0 Å². The lowest BCUT2D eigenvalue weighted by atomic mass is 10.1. The average molecular weight is 260 g/mol. The molecule has 0 unspecified atom stereocenters. The molecule has 0 radical (unpaired) electrons. The van der Waals surface area contributed by atoms with Gasteiger partial charge < -0.3 is 10.2 Å². The predicted octanol–water partition coefficient (Wildman–Crippen LogP) is 2.83. The van der Waals surface area contributed by atoms with Crippen LogP contribution in [0.5, 0.6) is 0 Å². The molecule has 3 rings (SSSR count). The number of anilines is 3. The van der Waals surface area contributed by atoms with Crippen molar-refractivity contribution in [2.24, 2.45) is 0 Å². The van der Waals surface area contributed by atoms with E-state index < -0.39 is 0 Å². The van der Waals surface area contributed by atoms with E-state index in [0.717, 1.165) is 17.1 Å². The molecule has 0 atom stereocenters. The van der Waals surface area contributed by atoms with Gasteiger partial charge in [0.25, 0.3) is 0 Å². The van der Waals surface area contributed by atoms with E-state index in [1.807, 2.05) is 35.2 Å². The van der Waals surface area contributed by atoms with Crippen molar-refractivity contribution >= 4 is 34.6 Å². The lowest BCUT2D eigenvalue weighted by molar-refractivity contribution is -0.115. The Hall–Kier alpha value is -2.07. The van der Waals surface area contributed by atoms with Crippen LogP contribution in [-0.4, -0.2) is 17.4 Å². The Morgan fingerprint density at radius 3 is 2.94 bits per heavy atom. The highest BCUT2D eigenvalue weighted by atomic mass is 35.5. The number of fused-ring (bicyclic) bond motifs is 1. The number of carbonyl (C=O) groups is 1. The van der Waals surface area contributed by atoms with Crippen molar-refractivity contribution in [2.45, 2.75) is 0 Å². The van der Waals surface area contributed by atoms with Crippen LogP contribution in [0, 0.1) is 0 Å². The smallest absolute Gasteiger partial charge is 0.244 e. The minimum absolute atomic E-state index is 0.0402.